The summed E-state index contributed by atoms with van der Waals surface area (Å²) in [5.74, 6) is 0.433. The average molecular weight is 400 g/mol. The predicted octanol–water partition coefficient (Wildman–Crippen LogP) is 2.53. The van der Waals surface area contributed by atoms with E-state index < -0.39 is 11.2 Å². The Morgan fingerprint density at radius 1 is 0.867 bits per heavy atom. The molecule has 0 aliphatic heterocycles. The summed E-state index contributed by atoms with van der Waals surface area (Å²) >= 11 is 0. The molecule has 0 N–H and O–H groups in total. The molecule has 0 aliphatic rings. The molecule has 0 saturated heterocycles. The van der Waals surface area contributed by atoms with Gasteiger partial charge in [-0.15, -0.1) is 0 Å². The minimum absolute atomic E-state index is 0.105. The van der Waals surface area contributed by atoms with Crippen LogP contribution in [0.2, 0.25) is 0 Å². The van der Waals surface area contributed by atoms with E-state index in [2.05, 4.69) is 4.98 Å². The third-order valence-corrected chi connectivity index (χ3v) is 5.15. The van der Waals surface area contributed by atoms with Crippen LogP contribution in [0.25, 0.3) is 28.6 Å². The van der Waals surface area contributed by atoms with Gasteiger partial charge >= 0.3 is 5.69 Å². The highest BCUT2D eigenvalue weighted by molar-refractivity contribution is 6.07. The number of hydrogen-bond donors (Lipinski definition) is 0. The summed E-state index contributed by atoms with van der Waals surface area (Å²) in [7, 11) is 4.78. The van der Waals surface area contributed by atoms with Gasteiger partial charge in [0.1, 0.15) is 5.82 Å². The predicted molar refractivity (Wildman–Crippen MR) is 116 cm³/mol. The van der Waals surface area contributed by atoms with Gasteiger partial charge in [-0.05, 0) is 11.6 Å². The summed E-state index contributed by atoms with van der Waals surface area (Å²) in [6, 6.07) is 16.5. The number of ketones is 1. The molecule has 0 fully saturated rings. The minimum atomic E-state index is -0.432. The normalized spacial score (nSPS) is 11.4. The zero-order valence-electron chi connectivity index (χ0n) is 16.9. The van der Waals surface area contributed by atoms with E-state index in [1.165, 1.54) is 17.7 Å². The summed E-state index contributed by atoms with van der Waals surface area (Å²) in [5, 5.41) is 0. The van der Waals surface area contributed by atoms with Gasteiger partial charge in [0.25, 0.3) is 5.56 Å². The number of aromatic nitrogens is 4. The van der Waals surface area contributed by atoms with Crippen molar-refractivity contribution in [3.8, 4) is 11.4 Å². The highest BCUT2D eigenvalue weighted by Crippen LogP contribution is 2.26. The van der Waals surface area contributed by atoms with Crippen LogP contribution in [0.5, 0.6) is 0 Å². The Kier molecular flexibility index (Phi) is 4.79. The minimum Gasteiger partial charge on any atom is -0.321 e. The monoisotopic (exact) mass is 400 g/mol. The number of allylic oxidation sites excluding steroid dienone is 1. The molecule has 30 heavy (non-hydrogen) atoms. The number of carbonyl (C=O) groups is 1. The summed E-state index contributed by atoms with van der Waals surface area (Å²) < 4.78 is 4.11. The molecule has 4 rings (SSSR count). The number of aryl methyl sites for hydroxylation is 2. The molecule has 0 bridgehead atoms. The maximum Gasteiger partial charge on any atom is 0.332 e. The Balaban J connectivity index is 1.85. The molecule has 0 unspecified atom stereocenters. The molecule has 0 aliphatic carbocycles. The fourth-order valence-electron chi connectivity index (χ4n) is 3.47. The van der Waals surface area contributed by atoms with E-state index in [1.54, 1.807) is 36.9 Å². The lowest BCUT2D eigenvalue weighted by atomic mass is 10.0. The highest BCUT2D eigenvalue weighted by atomic mass is 16.2. The zero-order chi connectivity index (χ0) is 21.4. The third kappa shape index (κ3) is 3.10. The van der Waals surface area contributed by atoms with Crippen LogP contribution in [0, 0.1) is 0 Å². The van der Waals surface area contributed by atoms with Crippen LogP contribution in [0.4, 0.5) is 0 Å². The van der Waals surface area contributed by atoms with Gasteiger partial charge in [-0.1, -0.05) is 60.7 Å². The molecule has 0 saturated carbocycles. The number of nitrogens with zero attached hydrogens (tertiary/aromatic N) is 4. The maximum atomic E-state index is 12.7. The molecule has 150 valence electrons. The Labute approximate surface area is 172 Å². The van der Waals surface area contributed by atoms with Crippen LogP contribution >= 0.6 is 0 Å². The second-order valence-corrected chi connectivity index (χ2v) is 7.02. The number of fused-ring (bicyclic) bond motifs is 1. The van der Waals surface area contributed by atoms with Gasteiger partial charge in [0, 0.05) is 32.3 Å². The first-order chi connectivity index (χ1) is 14.4. The molecule has 7 nitrogen and oxygen atoms in total. The summed E-state index contributed by atoms with van der Waals surface area (Å²) in [6.07, 6.45) is 3.26. The lowest BCUT2D eigenvalue weighted by molar-refractivity contribution is 0.104. The van der Waals surface area contributed by atoms with Gasteiger partial charge in [0.05, 0.1) is 0 Å². The molecule has 2 heterocycles. The van der Waals surface area contributed by atoms with Gasteiger partial charge < -0.3 is 4.57 Å². The van der Waals surface area contributed by atoms with E-state index in [4.69, 9.17) is 0 Å². The van der Waals surface area contributed by atoms with E-state index in [0.717, 1.165) is 15.7 Å². The second kappa shape index (κ2) is 7.44. The van der Waals surface area contributed by atoms with Crippen LogP contribution in [0.1, 0.15) is 15.9 Å². The van der Waals surface area contributed by atoms with E-state index in [0.29, 0.717) is 22.6 Å². The molecular weight excluding hydrogens is 380 g/mol. The number of carbonyl (C=O) groups excluding carboxylic acids is 1. The lowest BCUT2D eigenvalue weighted by Crippen LogP contribution is -2.37. The van der Waals surface area contributed by atoms with Gasteiger partial charge in [0.2, 0.25) is 0 Å². The van der Waals surface area contributed by atoms with Crippen molar-refractivity contribution in [1.29, 1.82) is 0 Å². The molecule has 0 atom stereocenters. The van der Waals surface area contributed by atoms with E-state index >= 15 is 0 Å². The van der Waals surface area contributed by atoms with Gasteiger partial charge in [0.15, 0.2) is 16.9 Å². The van der Waals surface area contributed by atoms with Gasteiger partial charge in [-0.2, -0.15) is 0 Å². The van der Waals surface area contributed by atoms with Crippen molar-refractivity contribution in [2.45, 2.75) is 0 Å². The molecular formula is C23H20N4O3. The van der Waals surface area contributed by atoms with Crippen molar-refractivity contribution in [2.24, 2.45) is 21.1 Å². The van der Waals surface area contributed by atoms with Crippen LogP contribution in [-0.4, -0.2) is 24.5 Å². The quantitative estimate of drug-likeness (QED) is 0.390. The smallest absolute Gasteiger partial charge is 0.321 e. The highest BCUT2D eigenvalue weighted by Gasteiger charge is 2.19. The first-order valence-electron chi connectivity index (χ1n) is 9.39. The largest absolute Gasteiger partial charge is 0.332 e. The number of imidazole rings is 1. The Bertz CT molecular complexity index is 1420. The van der Waals surface area contributed by atoms with Crippen molar-refractivity contribution >= 4 is 23.0 Å². The van der Waals surface area contributed by atoms with Crippen LogP contribution < -0.4 is 11.2 Å². The summed E-state index contributed by atoms with van der Waals surface area (Å²) in [6.45, 7) is 0. The Hall–Kier alpha value is -4.00. The SMILES string of the molecule is Cn1c(=O)c2c(nc(-c3ccccc3C=CC(=O)c3ccccc3)n2C)n(C)c1=O. The van der Waals surface area contributed by atoms with Gasteiger partial charge in [-0.25, -0.2) is 9.78 Å². The molecule has 4 aromatic rings. The lowest BCUT2D eigenvalue weighted by Gasteiger charge is -2.06. The number of benzene rings is 2. The van der Waals surface area contributed by atoms with Crippen LogP contribution in [0.15, 0.2) is 70.3 Å². The second-order valence-electron chi connectivity index (χ2n) is 7.02. The number of rotatable bonds is 4. The zero-order valence-corrected chi connectivity index (χ0v) is 16.9. The van der Waals surface area contributed by atoms with Crippen molar-refractivity contribution in [2.75, 3.05) is 0 Å². The average Bonchev–Trinajstić information content (AvgIpc) is 3.12. The van der Waals surface area contributed by atoms with Crippen molar-refractivity contribution < 1.29 is 4.79 Å². The van der Waals surface area contributed by atoms with Crippen molar-refractivity contribution in [3.63, 3.8) is 0 Å². The first kappa shape index (κ1) is 19.3. The fourth-order valence-corrected chi connectivity index (χ4v) is 3.47. The topological polar surface area (TPSA) is 78.9 Å². The standard InChI is InChI=1S/C23H20N4O3/c1-25-19-21(26(2)23(30)27(3)22(19)29)24-20(25)17-12-8-7-9-15(17)13-14-18(28)16-10-5-4-6-11-16/h4-14H,1-3H3. The Morgan fingerprint density at radius 3 is 2.27 bits per heavy atom. The molecule has 0 amide bonds. The van der Waals surface area contributed by atoms with E-state index in [9.17, 15) is 14.4 Å². The first-order valence-corrected chi connectivity index (χ1v) is 9.39. The number of hydrogen-bond acceptors (Lipinski definition) is 4. The maximum absolute atomic E-state index is 12.7. The van der Waals surface area contributed by atoms with Crippen LogP contribution in [0.3, 0.4) is 0 Å². The molecule has 0 radical (unpaired) electrons. The molecule has 0 spiro atoms. The van der Waals surface area contributed by atoms with Crippen molar-refractivity contribution in [1.82, 2.24) is 18.7 Å². The fraction of sp³-hybridized carbons (Fsp3) is 0.130. The Morgan fingerprint density at radius 2 is 1.53 bits per heavy atom. The molecule has 2 aromatic heterocycles. The summed E-state index contributed by atoms with van der Waals surface area (Å²) in [5.41, 5.74) is 1.96. The third-order valence-electron chi connectivity index (χ3n) is 5.15. The van der Waals surface area contributed by atoms with Gasteiger partial charge in [-0.3, -0.25) is 18.7 Å². The van der Waals surface area contributed by atoms with Crippen LogP contribution in [-0.2, 0) is 21.1 Å². The van der Waals surface area contributed by atoms with E-state index in [-0.39, 0.29) is 5.78 Å². The van der Waals surface area contributed by atoms with E-state index in [1.807, 2.05) is 42.5 Å². The molecule has 2 aromatic carbocycles. The molecule has 7 heteroatoms. The van der Waals surface area contributed by atoms with Crippen molar-refractivity contribution in [3.05, 3.63) is 92.6 Å². The summed E-state index contributed by atoms with van der Waals surface area (Å²) in [4.78, 5) is 42.0.